The van der Waals surface area contributed by atoms with Gasteiger partial charge in [-0.05, 0) is 38.1 Å². The third-order valence-corrected chi connectivity index (χ3v) is 3.73. The molecule has 0 atom stereocenters. The monoisotopic (exact) mass is 376 g/mol. The molecule has 0 aromatic heterocycles. The number of rotatable bonds is 6. The first-order valence-electron chi connectivity index (χ1n) is 7.08. The predicted molar refractivity (Wildman–Crippen MR) is 91.4 cm³/mol. The molecule has 0 saturated heterocycles. The molecule has 2 aromatic carbocycles. The van der Waals surface area contributed by atoms with Crippen molar-refractivity contribution in [1.82, 2.24) is 0 Å². The lowest BCUT2D eigenvalue weighted by atomic mass is 10.1. The molecular weight excluding hydrogens is 360 g/mol. The minimum Gasteiger partial charge on any atom is -0.476 e. The fourth-order valence-corrected chi connectivity index (χ4v) is 2.52. The van der Waals surface area contributed by atoms with Gasteiger partial charge in [-0.3, -0.25) is 4.79 Å². The van der Waals surface area contributed by atoms with Crippen LogP contribution in [0.4, 0.5) is 0 Å². The van der Waals surface area contributed by atoms with Crippen LogP contribution in [-0.4, -0.2) is 22.7 Å². The summed E-state index contributed by atoms with van der Waals surface area (Å²) in [6, 6.07) is 15.5. The lowest BCUT2D eigenvalue weighted by Gasteiger charge is -2.25. The summed E-state index contributed by atoms with van der Waals surface area (Å²) in [6.07, 6.45) is 0. The molecule has 4 nitrogen and oxygen atoms in total. The maximum absolute atomic E-state index is 12.2. The van der Waals surface area contributed by atoms with Crippen LogP contribution < -0.4 is 9.47 Å². The molecule has 0 spiro atoms. The van der Waals surface area contributed by atoms with Crippen LogP contribution in [0.25, 0.3) is 0 Å². The summed E-state index contributed by atoms with van der Waals surface area (Å²) in [6.45, 7) is 3.35. The van der Waals surface area contributed by atoms with Gasteiger partial charge in [0.05, 0.1) is 10.9 Å². The first-order valence-corrected chi connectivity index (χ1v) is 8.21. The van der Waals surface area contributed by atoms with Crippen molar-refractivity contribution in [2.75, 3.05) is 5.33 Å². The predicted octanol–water partition coefficient (Wildman–Crippen LogP) is 4.03. The Labute approximate surface area is 143 Å². The summed E-state index contributed by atoms with van der Waals surface area (Å²) in [4.78, 5) is 24.1. The minimum absolute atomic E-state index is 0.110. The van der Waals surface area contributed by atoms with Gasteiger partial charge >= 0.3 is 5.97 Å². The van der Waals surface area contributed by atoms with Gasteiger partial charge in [-0.1, -0.05) is 46.3 Å². The molecule has 120 valence electrons. The largest absolute Gasteiger partial charge is 0.476 e. The number of carbonyl (C=O) groups excluding carboxylic acids is 2. The highest BCUT2D eigenvalue weighted by Crippen LogP contribution is 2.31. The van der Waals surface area contributed by atoms with Crippen molar-refractivity contribution in [1.29, 1.82) is 0 Å². The summed E-state index contributed by atoms with van der Waals surface area (Å²) in [7, 11) is 0. The van der Waals surface area contributed by atoms with E-state index in [2.05, 4.69) is 15.9 Å². The third-order valence-electron chi connectivity index (χ3n) is 3.22. The number of halogens is 1. The average Bonchev–Trinajstić information content (AvgIpc) is 2.56. The molecule has 5 heteroatoms. The van der Waals surface area contributed by atoms with Gasteiger partial charge in [-0.2, -0.15) is 0 Å². The third kappa shape index (κ3) is 4.42. The summed E-state index contributed by atoms with van der Waals surface area (Å²) >= 11 is 3.14. The molecule has 0 N–H and O–H groups in total. The molecule has 0 heterocycles. The molecule has 0 unspecified atom stereocenters. The smallest absolute Gasteiger partial charge is 0.343 e. The number of ether oxygens (including phenoxy) is 2. The van der Waals surface area contributed by atoms with Gasteiger partial charge in [0, 0.05) is 0 Å². The number of Topliss-reactive ketones (excluding diaryl/α,β-unsaturated/α-hetero) is 1. The topological polar surface area (TPSA) is 52.6 Å². The minimum atomic E-state index is -1.03. The van der Waals surface area contributed by atoms with Gasteiger partial charge in [0.1, 0.15) is 0 Å². The second-order valence-electron chi connectivity index (χ2n) is 5.37. The van der Waals surface area contributed by atoms with E-state index in [4.69, 9.17) is 9.47 Å². The van der Waals surface area contributed by atoms with Crippen molar-refractivity contribution in [3.63, 3.8) is 0 Å². The Morgan fingerprint density at radius 1 is 0.957 bits per heavy atom. The van der Waals surface area contributed by atoms with E-state index in [-0.39, 0.29) is 16.9 Å². The molecule has 2 aromatic rings. The molecule has 0 aliphatic rings. The SMILES string of the molecule is CC(C)(Oc1ccccc1OC(=O)c1ccccc1)C(=O)CBr. The molecule has 0 amide bonds. The van der Waals surface area contributed by atoms with E-state index in [0.717, 1.165) is 0 Å². The Morgan fingerprint density at radius 2 is 1.52 bits per heavy atom. The van der Waals surface area contributed by atoms with Crippen LogP contribution in [0.3, 0.4) is 0 Å². The number of para-hydroxylation sites is 2. The van der Waals surface area contributed by atoms with E-state index in [1.54, 1.807) is 62.4 Å². The molecule has 0 radical (unpaired) electrons. The molecule has 0 saturated carbocycles. The highest BCUT2D eigenvalue weighted by atomic mass is 79.9. The maximum Gasteiger partial charge on any atom is 0.343 e. The number of alkyl halides is 1. The zero-order chi connectivity index (χ0) is 16.9. The van der Waals surface area contributed by atoms with Crippen LogP contribution in [0.2, 0.25) is 0 Å². The Morgan fingerprint density at radius 3 is 2.13 bits per heavy atom. The van der Waals surface area contributed by atoms with Gasteiger partial charge in [0.25, 0.3) is 0 Å². The van der Waals surface area contributed by atoms with Crippen LogP contribution in [0.1, 0.15) is 24.2 Å². The van der Waals surface area contributed by atoms with Crippen LogP contribution in [0.15, 0.2) is 54.6 Å². The standard InChI is InChI=1S/C18H17BrO4/c1-18(2,16(20)12-19)23-15-11-7-6-10-14(15)22-17(21)13-8-4-3-5-9-13/h3-11H,12H2,1-2H3. The van der Waals surface area contributed by atoms with Gasteiger partial charge in [-0.15, -0.1) is 0 Å². The normalized spacial score (nSPS) is 10.9. The Kier molecular flexibility index (Phi) is 5.55. The van der Waals surface area contributed by atoms with Crippen molar-refractivity contribution >= 4 is 27.7 Å². The highest BCUT2D eigenvalue weighted by molar-refractivity contribution is 9.09. The average molecular weight is 377 g/mol. The Hall–Kier alpha value is -2.14. The Balaban J connectivity index is 2.21. The summed E-state index contributed by atoms with van der Waals surface area (Å²) < 4.78 is 11.2. The molecule has 0 aliphatic carbocycles. The first kappa shape index (κ1) is 17.2. The maximum atomic E-state index is 12.2. The first-order chi connectivity index (χ1) is 10.9. The van der Waals surface area contributed by atoms with E-state index in [9.17, 15) is 9.59 Å². The summed E-state index contributed by atoms with van der Waals surface area (Å²) in [5.41, 5.74) is -0.586. The van der Waals surface area contributed by atoms with Crippen molar-refractivity contribution in [3.8, 4) is 11.5 Å². The van der Waals surface area contributed by atoms with Crippen LogP contribution >= 0.6 is 15.9 Å². The second-order valence-corrected chi connectivity index (χ2v) is 5.93. The van der Waals surface area contributed by atoms with Gasteiger partial charge in [-0.25, -0.2) is 4.79 Å². The van der Waals surface area contributed by atoms with Crippen LogP contribution in [-0.2, 0) is 4.79 Å². The highest BCUT2D eigenvalue weighted by Gasteiger charge is 2.29. The summed E-state index contributed by atoms with van der Waals surface area (Å²) in [5, 5.41) is 0.186. The summed E-state index contributed by atoms with van der Waals surface area (Å²) in [5.74, 6) is 0.0286. The molecule has 0 aliphatic heterocycles. The molecule has 0 bridgehead atoms. The zero-order valence-electron chi connectivity index (χ0n) is 12.9. The van der Waals surface area contributed by atoms with E-state index in [0.29, 0.717) is 11.3 Å². The van der Waals surface area contributed by atoms with Crippen LogP contribution in [0, 0.1) is 0 Å². The van der Waals surface area contributed by atoms with E-state index < -0.39 is 11.6 Å². The quantitative estimate of drug-likeness (QED) is 0.433. The van der Waals surface area contributed by atoms with Crippen molar-refractivity contribution in [2.45, 2.75) is 19.4 Å². The number of hydrogen-bond donors (Lipinski definition) is 0. The second kappa shape index (κ2) is 7.42. The van der Waals surface area contributed by atoms with Crippen LogP contribution in [0.5, 0.6) is 11.5 Å². The fraction of sp³-hybridized carbons (Fsp3) is 0.222. The molecular formula is C18H17BrO4. The molecule has 2 rings (SSSR count). The zero-order valence-corrected chi connectivity index (χ0v) is 14.5. The van der Waals surface area contributed by atoms with E-state index in [1.165, 1.54) is 0 Å². The number of hydrogen-bond acceptors (Lipinski definition) is 4. The molecule has 0 fully saturated rings. The lowest BCUT2D eigenvalue weighted by molar-refractivity contribution is -0.129. The molecule has 23 heavy (non-hydrogen) atoms. The van der Waals surface area contributed by atoms with E-state index >= 15 is 0 Å². The number of carbonyl (C=O) groups is 2. The van der Waals surface area contributed by atoms with Crippen molar-refractivity contribution in [2.24, 2.45) is 0 Å². The van der Waals surface area contributed by atoms with Gasteiger partial charge in [0.15, 0.2) is 22.9 Å². The van der Waals surface area contributed by atoms with Crippen molar-refractivity contribution in [3.05, 3.63) is 60.2 Å². The Bertz CT molecular complexity index is 695. The van der Waals surface area contributed by atoms with Gasteiger partial charge < -0.3 is 9.47 Å². The lowest BCUT2D eigenvalue weighted by Crippen LogP contribution is -2.39. The number of benzene rings is 2. The number of esters is 1. The van der Waals surface area contributed by atoms with E-state index in [1.807, 2.05) is 6.07 Å². The van der Waals surface area contributed by atoms with Crippen molar-refractivity contribution < 1.29 is 19.1 Å². The van der Waals surface area contributed by atoms with Gasteiger partial charge in [0.2, 0.25) is 0 Å². The number of ketones is 1. The fourth-order valence-electron chi connectivity index (χ4n) is 1.84.